The highest BCUT2D eigenvalue weighted by Gasteiger charge is 2.36. The van der Waals surface area contributed by atoms with Crippen molar-refractivity contribution in [2.75, 3.05) is 35.5 Å². The van der Waals surface area contributed by atoms with Crippen LogP contribution in [0.15, 0.2) is 18.5 Å². The van der Waals surface area contributed by atoms with Gasteiger partial charge in [0.25, 0.3) is 0 Å². The van der Waals surface area contributed by atoms with E-state index in [1.165, 1.54) is 0 Å². The molecule has 1 fully saturated rings. The van der Waals surface area contributed by atoms with E-state index >= 15 is 0 Å². The summed E-state index contributed by atoms with van der Waals surface area (Å²) in [5.41, 5.74) is 2.60. The van der Waals surface area contributed by atoms with Crippen molar-refractivity contribution in [1.29, 1.82) is 0 Å². The quantitative estimate of drug-likeness (QED) is 0.613. The van der Waals surface area contributed by atoms with Crippen molar-refractivity contribution in [3.63, 3.8) is 0 Å². The fourth-order valence-corrected chi connectivity index (χ4v) is 4.55. The molecule has 0 saturated carbocycles. The minimum absolute atomic E-state index is 0.201. The lowest BCUT2D eigenvalue weighted by Gasteiger charge is -2.35. The molecule has 11 heteroatoms. The monoisotopic (exact) mass is 388 g/mol. The number of nitrogens with two attached hydrogens (primary N) is 1. The van der Waals surface area contributed by atoms with E-state index in [4.69, 9.17) is 14.9 Å². The topological polar surface area (TPSA) is 124 Å². The number of rotatable bonds is 3. The summed E-state index contributed by atoms with van der Waals surface area (Å²) in [6.45, 7) is 4.78. The van der Waals surface area contributed by atoms with Gasteiger partial charge in [0.05, 0.1) is 37.4 Å². The van der Waals surface area contributed by atoms with E-state index in [2.05, 4.69) is 27.1 Å². The number of nitrogens with zero attached hydrogens (tertiary/aromatic N) is 6. The Morgan fingerprint density at radius 2 is 2.30 bits per heavy atom. The van der Waals surface area contributed by atoms with Crippen molar-refractivity contribution < 1.29 is 9.29 Å². The van der Waals surface area contributed by atoms with Crippen LogP contribution in [0.5, 0.6) is 0 Å². The number of anilines is 2. The Labute approximate surface area is 158 Å². The third-order valence-electron chi connectivity index (χ3n) is 5.14. The molecule has 3 N–H and O–H groups in total. The second kappa shape index (κ2) is 6.37. The SMILES string of the molecule is CC1COCCN1c1nc2c(cnn2-c2cc[nH]n2)c2c1CCN2[S+](N)[O-]. The molecule has 142 valence electrons. The zero-order valence-corrected chi connectivity index (χ0v) is 15.6. The summed E-state index contributed by atoms with van der Waals surface area (Å²) in [6.07, 6.45) is 4.23. The second-order valence-corrected chi connectivity index (χ2v) is 7.73. The molecular weight excluding hydrogens is 368 g/mol. The number of H-pyrrole nitrogens is 1. The number of aromatic amines is 1. The van der Waals surface area contributed by atoms with Crippen LogP contribution in [0.1, 0.15) is 12.5 Å². The minimum Gasteiger partial charge on any atom is -0.574 e. The highest BCUT2D eigenvalue weighted by molar-refractivity contribution is 7.90. The first-order chi connectivity index (χ1) is 13.1. The van der Waals surface area contributed by atoms with E-state index < -0.39 is 11.5 Å². The highest BCUT2D eigenvalue weighted by atomic mass is 32.2. The number of pyridine rings is 1. The molecule has 1 saturated heterocycles. The third kappa shape index (κ3) is 2.57. The average molecular weight is 388 g/mol. The lowest BCUT2D eigenvalue weighted by molar-refractivity contribution is 0.0985. The van der Waals surface area contributed by atoms with Crippen LogP contribution >= 0.6 is 0 Å². The predicted molar refractivity (Wildman–Crippen MR) is 102 cm³/mol. The lowest BCUT2D eigenvalue weighted by Crippen LogP contribution is -2.44. The smallest absolute Gasteiger partial charge is 0.177 e. The summed E-state index contributed by atoms with van der Waals surface area (Å²) in [4.78, 5) is 7.24. The van der Waals surface area contributed by atoms with Gasteiger partial charge in [-0.25, -0.2) is 4.98 Å². The summed E-state index contributed by atoms with van der Waals surface area (Å²) < 4.78 is 21.2. The van der Waals surface area contributed by atoms with Crippen LogP contribution < -0.4 is 14.3 Å². The highest BCUT2D eigenvalue weighted by Crippen LogP contribution is 2.42. The molecule has 5 rings (SSSR count). The van der Waals surface area contributed by atoms with Crippen molar-refractivity contribution in [1.82, 2.24) is 25.0 Å². The first-order valence-corrected chi connectivity index (χ1v) is 10.0. The largest absolute Gasteiger partial charge is 0.574 e. The molecule has 3 aromatic rings. The van der Waals surface area contributed by atoms with E-state index in [1.807, 2.05) is 6.07 Å². The Balaban J connectivity index is 1.76. The van der Waals surface area contributed by atoms with E-state index in [1.54, 1.807) is 21.4 Å². The van der Waals surface area contributed by atoms with E-state index in [0.717, 1.165) is 35.4 Å². The zero-order chi connectivity index (χ0) is 18.5. The molecule has 27 heavy (non-hydrogen) atoms. The van der Waals surface area contributed by atoms with Gasteiger partial charge in [0, 0.05) is 30.8 Å². The summed E-state index contributed by atoms with van der Waals surface area (Å²) in [5, 5.41) is 18.1. The van der Waals surface area contributed by atoms with Crippen molar-refractivity contribution in [2.24, 2.45) is 5.14 Å². The molecule has 2 atom stereocenters. The van der Waals surface area contributed by atoms with Gasteiger partial charge in [0.2, 0.25) is 0 Å². The summed E-state index contributed by atoms with van der Waals surface area (Å²) in [5.74, 6) is 1.54. The lowest BCUT2D eigenvalue weighted by atomic mass is 10.1. The van der Waals surface area contributed by atoms with Crippen molar-refractivity contribution >= 4 is 34.1 Å². The first kappa shape index (κ1) is 16.8. The molecule has 0 bridgehead atoms. The van der Waals surface area contributed by atoms with Gasteiger partial charge in [0.15, 0.2) is 23.0 Å². The van der Waals surface area contributed by atoms with Crippen molar-refractivity contribution in [3.8, 4) is 5.82 Å². The molecule has 2 aliphatic heterocycles. The van der Waals surface area contributed by atoms with Gasteiger partial charge < -0.3 is 14.2 Å². The molecular formula is C16H20N8O2S. The molecule has 0 spiro atoms. The third-order valence-corrected chi connectivity index (χ3v) is 5.94. The fourth-order valence-electron chi connectivity index (χ4n) is 3.89. The van der Waals surface area contributed by atoms with Gasteiger partial charge in [-0.05, 0) is 6.92 Å². The normalized spacial score (nSPS) is 21.1. The van der Waals surface area contributed by atoms with Gasteiger partial charge in [-0.2, -0.15) is 19.2 Å². The standard InChI is InChI=1S/C16H20N8O2S/c1-10-9-26-7-6-22(10)15-11-3-5-23(27(17)25)14(11)12-8-19-24(16(12)20-15)13-2-4-18-21-13/h2,4,8,10H,3,5-7,9,17H2,1H3,(H,18,21). The Morgan fingerprint density at radius 1 is 1.41 bits per heavy atom. The molecule has 0 aromatic carbocycles. The molecule has 3 aromatic heterocycles. The van der Waals surface area contributed by atoms with E-state index in [0.29, 0.717) is 31.2 Å². The average Bonchev–Trinajstić information content (AvgIpc) is 3.39. The van der Waals surface area contributed by atoms with Crippen LogP contribution in [-0.2, 0) is 22.7 Å². The number of hydrogen-bond donors (Lipinski definition) is 2. The molecule has 0 radical (unpaired) electrons. The second-order valence-electron chi connectivity index (χ2n) is 6.73. The molecule has 0 amide bonds. The number of ether oxygens (including phenoxy) is 1. The molecule has 2 unspecified atom stereocenters. The zero-order valence-electron chi connectivity index (χ0n) is 14.8. The number of morpholine rings is 1. The fraction of sp³-hybridized carbons (Fsp3) is 0.438. The van der Waals surface area contributed by atoms with E-state index in [9.17, 15) is 4.55 Å². The van der Waals surface area contributed by atoms with Crippen LogP contribution in [0.2, 0.25) is 0 Å². The van der Waals surface area contributed by atoms with Crippen molar-refractivity contribution in [2.45, 2.75) is 19.4 Å². The molecule has 10 nitrogen and oxygen atoms in total. The van der Waals surface area contributed by atoms with Gasteiger partial charge in [-0.15, -0.1) is 5.14 Å². The maximum absolute atomic E-state index is 12.2. The number of aromatic nitrogens is 5. The Hall–Kier alpha value is -2.34. The number of nitrogens with one attached hydrogen (secondary N) is 1. The molecule has 5 heterocycles. The summed E-state index contributed by atoms with van der Waals surface area (Å²) >= 11 is -1.60. The Kier molecular flexibility index (Phi) is 3.97. The van der Waals surface area contributed by atoms with E-state index in [-0.39, 0.29) is 6.04 Å². The van der Waals surface area contributed by atoms with Crippen molar-refractivity contribution in [3.05, 3.63) is 24.0 Å². The van der Waals surface area contributed by atoms with Crippen LogP contribution in [0.25, 0.3) is 16.9 Å². The summed E-state index contributed by atoms with van der Waals surface area (Å²) in [6, 6.07) is 2.03. The van der Waals surface area contributed by atoms with Crippen LogP contribution in [0.3, 0.4) is 0 Å². The molecule has 0 aliphatic carbocycles. The van der Waals surface area contributed by atoms with Gasteiger partial charge >= 0.3 is 0 Å². The van der Waals surface area contributed by atoms with Crippen LogP contribution in [0.4, 0.5) is 11.5 Å². The number of fused-ring (bicyclic) bond motifs is 3. The van der Waals surface area contributed by atoms with Crippen LogP contribution in [0, 0.1) is 0 Å². The number of hydrogen-bond acceptors (Lipinski definition) is 8. The molecule has 2 aliphatic rings. The maximum Gasteiger partial charge on any atom is 0.177 e. The Bertz CT molecular complexity index is 973. The predicted octanol–water partition coefficient (Wildman–Crippen LogP) is 0.269. The van der Waals surface area contributed by atoms with Crippen LogP contribution in [-0.4, -0.2) is 61.9 Å². The van der Waals surface area contributed by atoms with Gasteiger partial charge in [0.1, 0.15) is 11.5 Å². The minimum atomic E-state index is -1.60. The first-order valence-electron chi connectivity index (χ1n) is 8.84. The van der Waals surface area contributed by atoms with Gasteiger partial charge in [-0.3, -0.25) is 5.10 Å². The van der Waals surface area contributed by atoms with Gasteiger partial charge in [-0.1, -0.05) is 0 Å². The maximum atomic E-state index is 12.2. The Morgan fingerprint density at radius 3 is 3.04 bits per heavy atom. The summed E-state index contributed by atoms with van der Waals surface area (Å²) in [7, 11) is 0.